The van der Waals surface area contributed by atoms with Gasteiger partial charge in [-0.15, -0.1) is 0 Å². The lowest BCUT2D eigenvalue weighted by molar-refractivity contribution is 0.193. The zero-order chi connectivity index (χ0) is 10.2. The van der Waals surface area contributed by atoms with Crippen LogP contribution in [0.2, 0.25) is 0 Å². The van der Waals surface area contributed by atoms with Gasteiger partial charge in [-0.25, -0.2) is 0 Å². The fourth-order valence-corrected chi connectivity index (χ4v) is 2.21. The van der Waals surface area contributed by atoms with Crippen LogP contribution in [0.4, 0.5) is 0 Å². The highest BCUT2D eigenvalue weighted by molar-refractivity contribution is 5.72. The fraction of sp³-hybridized carbons (Fsp3) is 0.385. The summed E-state index contributed by atoms with van der Waals surface area (Å²) in [7, 11) is 0. The van der Waals surface area contributed by atoms with Crippen molar-refractivity contribution in [2.24, 2.45) is 5.41 Å². The van der Waals surface area contributed by atoms with E-state index < -0.39 is 0 Å². The summed E-state index contributed by atoms with van der Waals surface area (Å²) in [5.74, 6) is 0. The smallest absolute Gasteiger partial charge is 0.0735 e. The van der Waals surface area contributed by atoms with Crippen molar-refractivity contribution in [2.45, 2.75) is 26.4 Å². The molecule has 0 heterocycles. The zero-order valence-corrected chi connectivity index (χ0v) is 8.70. The molecule has 1 unspecified atom stereocenters. The van der Waals surface area contributed by atoms with E-state index in [1.54, 1.807) is 0 Å². The van der Waals surface area contributed by atoms with Crippen molar-refractivity contribution < 1.29 is 5.11 Å². The molecule has 0 bridgehead atoms. The number of aliphatic hydroxyl groups is 1. The molecule has 1 aromatic carbocycles. The third-order valence-corrected chi connectivity index (χ3v) is 2.89. The van der Waals surface area contributed by atoms with Gasteiger partial charge in [0.2, 0.25) is 0 Å². The second-order valence-electron chi connectivity index (χ2n) is 4.60. The average molecular weight is 188 g/mol. The van der Waals surface area contributed by atoms with Crippen LogP contribution < -0.4 is 0 Å². The van der Waals surface area contributed by atoms with Gasteiger partial charge in [-0.1, -0.05) is 50.3 Å². The Kier molecular flexibility index (Phi) is 2.20. The predicted molar refractivity (Wildman–Crippen MR) is 58.8 cm³/mol. The molecule has 1 heteroatoms. The summed E-state index contributed by atoms with van der Waals surface area (Å²) in [5.41, 5.74) is 2.60. The first-order valence-corrected chi connectivity index (χ1v) is 5.05. The lowest BCUT2D eigenvalue weighted by atomic mass is 9.82. The minimum Gasteiger partial charge on any atom is -0.389 e. The van der Waals surface area contributed by atoms with Gasteiger partial charge in [-0.2, -0.15) is 0 Å². The van der Waals surface area contributed by atoms with Gasteiger partial charge in [0.05, 0.1) is 6.10 Å². The Labute approximate surface area is 85.1 Å². The minimum absolute atomic E-state index is 0.0980. The highest BCUT2D eigenvalue weighted by Gasteiger charge is 2.32. The van der Waals surface area contributed by atoms with Gasteiger partial charge in [0.15, 0.2) is 0 Å². The average Bonchev–Trinajstić information content (AvgIpc) is 2.41. The molecule has 0 saturated heterocycles. The van der Waals surface area contributed by atoms with E-state index in [-0.39, 0.29) is 11.5 Å². The van der Waals surface area contributed by atoms with E-state index in [9.17, 15) is 5.11 Å². The molecule has 1 aromatic rings. The fourth-order valence-electron chi connectivity index (χ4n) is 2.21. The Bertz CT molecular complexity index is 349. The largest absolute Gasteiger partial charge is 0.389 e. The standard InChI is InChI=1S/C13H16O/c1-13(2)9-11(14)8-12(13)10-6-4-3-5-7-10/h3-8,11,14H,9H2,1-2H3. The van der Waals surface area contributed by atoms with Crippen LogP contribution in [0.15, 0.2) is 36.4 Å². The maximum absolute atomic E-state index is 9.62. The van der Waals surface area contributed by atoms with Gasteiger partial charge in [-0.3, -0.25) is 0 Å². The van der Waals surface area contributed by atoms with Gasteiger partial charge in [0.1, 0.15) is 0 Å². The maximum Gasteiger partial charge on any atom is 0.0735 e. The Morgan fingerprint density at radius 2 is 1.86 bits per heavy atom. The molecule has 0 amide bonds. The second-order valence-corrected chi connectivity index (χ2v) is 4.60. The van der Waals surface area contributed by atoms with Crippen molar-refractivity contribution in [3.63, 3.8) is 0 Å². The predicted octanol–water partition coefficient (Wildman–Crippen LogP) is 2.86. The van der Waals surface area contributed by atoms with Crippen LogP contribution in [-0.2, 0) is 0 Å². The van der Waals surface area contributed by atoms with E-state index in [0.29, 0.717) is 0 Å². The first-order valence-electron chi connectivity index (χ1n) is 5.05. The summed E-state index contributed by atoms with van der Waals surface area (Å²) in [6.07, 6.45) is 2.53. The molecule has 0 aliphatic heterocycles. The van der Waals surface area contributed by atoms with Gasteiger partial charge in [-0.05, 0) is 23.0 Å². The molecule has 1 N–H and O–H groups in total. The Balaban J connectivity index is 2.40. The van der Waals surface area contributed by atoms with Gasteiger partial charge in [0.25, 0.3) is 0 Å². The molecule has 0 aromatic heterocycles. The van der Waals surface area contributed by atoms with Crippen LogP contribution in [0.3, 0.4) is 0 Å². The summed E-state index contributed by atoms with van der Waals surface area (Å²) in [5, 5.41) is 9.62. The molecule has 1 atom stereocenters. The van der Waals surface area contributed by atoms with Crippen molar-refractivity contribution in [3.8, 4) is 0 Å². The maximum atomic E-state index is 9.62. The van der Waals surface area contributed by atoms with Gasteiger partial charge >= 0.3 is 0 Å². The molecule has 1 nitrogen and oxygen atoms in total. The molecule has 0 radical (unpaired) electrons. The lowest BCUT2D eigenvalue weighted by Gasteiger charge is -2.22. The molecule has 1 aliphatic rings. The number of benzene rings is 1. The van der Waals surface area contributed by atoms with Crippen molar-refractivity contribution in [3.05, 3.63) is 42.0 Å². The SMILES string of the molecule is CC1(C)CC(O)C=C1c1ccccc1. The third-order valence-electron chi connectivity index (χ3n) is 2.89. The highest BCUT2D eigenvalue weighted by Crippen LogP contribution is 2.43. The Hall–Kier alpha value is -1.08. The normalized spacial score (nSPS) is 24.8. The summed E-state index contributed by atoms with van der Waals surface area (Å²) in [4.78, 5) is 0. The van der Waals surface area contributed by atoms with Crippen molar-refractivity contribution in [2.75, 3.05) is 0 Å². The van der Waals surface area contributed by atoms with Crippen molar-refractivity contribution >= 4 is 5.57 Å². The Morgan fingerprint density at radius 3 is 2.36 bits per heavy atom. The molecule has 0 fully saturated rings. The number of hydrogen-bond donors (Lipinski definition) is 1. The quantitative estimate of drug-likeness (QED) is 0.718. The van der Waals surface area contributed by atoms with Crippen molar-refractivity contribution in [1.82, 2.24) is 0 Å². The van der Waals surface area contributed by atoms with Crippen molar-refractivity contribution in [1.29, 1.82) is 0 Å². The summed E-state index contributed by atoms with van der Waals surface area (Å²) < 4.78 is 0. The molecule has 0 saturated carbocycles. The molecular weight excluding hydrogens is 172 g/mol. The molecule has 74 valence electrons. The summed E-state index contributed by atoms with van der Waals surface area (Å²) in [6.45, 7) is 4.37. The van der Waals surface area contributed by atoms with Crippen LogP contribution in [-0.4, -0.2) is 11.2 Å². The van der Waals surface area contributed by atoms with E-state index in [1.807, 2.05) is 24.3 Å². The second kappa shape index (κ2) is 3.25. The molecule has 2 rings (SSSR count). The minimum atomic E-state index is -0.278. The van der Waals surface area contributed by atoms with E-state index >= 15 is 0 Å². The van der Waals surface area contributed by atoms with Gasteiger partial charge < -0.3 is 5.11 Å². The van der Waals surface area contributed by atoms with E-state index in [2.05, 4.69) is 26.0 Å². The number of rotatable bonds is 1. The first kappa shape index (κ1) is 9.47. The topological polar surface area (TPSA) is 20.2 Å². The molecular formula is C13H16O. The zero-order valence-electron chi connectivity index (χ0n) is 8.70. The molecule has 14 heavy (non-hydrogen) atoms. The number of allylic oxidation sites excluding steroid dienone is 1. The third kappa shape index (κ3) is 1.60. The lowest BCUT2D eigenvalue weighted by Crippen LogP contribution is -2.12. The van der Waals surface area contributed by atoms with Gasteiger partial charge in [0, 0.05) is 0 Å². The van der Waals surface area contributed by atoms with E-state index in [4.69, 9.17) is 0 Å². The summed E-state index contributed by atoms with van der Waals surface area (Å²) >= 11 is 0. The van der Waals surface area contributed by atoms with Crippen LogP contribution in [0.25, 0.3) is 5.57 Å². The van der Waals surface area contributed by atoms with Crippen LogP contribution in [0, 0.1) is 5.41 Å². The highest BCUT2D eigenvalue weighted by atomic mass is 16.3. The van der Waals surface area contributed by atoms with E-state index in [1.165, 1.54) is 11.1 Å². The van der Waals surface area contributed by atoms with Crippen LogP contribution in [0.1, 0.15) is 25.8 Å². The van der Waals surface area contributed by atoms with Crippen LogP contribution in [0.5, 0.6) is 0 Å². The number of hydrogen-bond acceptors (Lipinski definition) is 1. The monoisotopic (exact) mass is 188 g/mol. The summed E-state index contributed by atoms with van der Waals surface area (Å²) in [6, 6.07) is 10.3. The Morgan fingerprint density at radius 1 is 1.21 bits per heavy atom. The first-order chi connectivity index (χ1) is 6.59. The molecule has 0 spiro atoms. The molecule has 1 aliphatic carbocycles. The number of aliphatic hydroxyl groups excluding tert-OH is 1. The van der Waals surface area contributed by atoms with E-state index in [0.717, 1.165) is 6.42 Å². The van der Waals surface area contributed by atoms with Crippen LogP contribution >= 0.6 is 0 Å².